The minimum absolute atomic E-state index is 0.0532. The third-order valence-electron chi connectivity index (χ3n) is 4.90. The predicted octanol–water partition coefficient (Wildman–Crippen LogP) is 4.00. The van der Waals surface area contributed by atoms with E-state index < -0.39 is 6.10 Å². The molecule has 1 aliphatic rings. The van der Waals surface area contributed by atoms with Crippen molar-refractivity contribution in [3.63, 3.8) is 0 Å². The molecule has 1 N–H and O–H groups in total. The van der Waals surface area contributed by atoms with Gasteiger partial charge in [0.25, 0.3) is 11.7 Å². The lowest BCUT2D eigenvalue weighted by molar-refractivity contribution is 0.0569. The van der Waals surface area contributed by atoms with E-state index in [0.717, 1.165) is 5.69 Å². The molecule has 9 nitrogen and oxygen atoms in total. The molecule has 0 spiro atoms. The first-order chi connectivity index (χ1) is 15.5. The van der Waals surface area contributed by atoms with Crippen molar-refractivity contribution in [1.29, 1.82) is 0 Å². The Balaban J connectivity index is 1.58. The lowest BCUT2D eigenvalue weighted by atomic mass is 10.0. The maximum Gasteiger partial charge on any atom is 0.266 e. The van der Waals surface area contributed by atoms with Crippen LogP contribution in [0.1, 0.15) is 22.4 Å². The van der Waals surface area contributed by atoms with Gasteiger partial charge in [-0.1, -0.05) is 12.1 Å². The van der Waals surface area contributed by atoms with E-state index in [1.54, 1.807) is 37.7 Å². The van der Waals surface area contributed by atoms with E-state index >= 15 is 0 Å². The topological polar surface area (TPSA) is 98.4 Å². The summed E-state index contributed by atoms with van der Waals surface area (Å²) in [5, 5.41) is 5.86. The van der Waals surface area contributed by atoms with Crippen molar-refractivity contribution in [2.45, 2.75) is 6.10 Å². The molecule has 32 heavy (non-hydrogen) atoms. The highest BCUT2D eigenvalue weighted by Gasteiger charge is 2.27. The van der Waals surface area contributed by atoms with Gasteiger partial charge in [0.1, 0.15) is 27.9 Å². The van der Waals surface area contributed by atoms with E-state index in [2.05, 4.69) is 31.4 Å². The van der Waals surface area contributed by atoms with Crippen LogP contribution < -0.4 is 20.0 Å². The number of ether oxygens (including phenoxy) is 3. The molecule has 0 fully saturated rings. The lowest BCUT2D eigenvalue weighted by Gasteiger charge is -2.16. The van der Waals surface area contributed by atoms with Crippen LogP contribution in [0.3, 0.4) is 0 Å². The zero-order valence-corrected chi connectivity index (χ0v) is 19.3. The number of aromatic nitrogens is 1. The number of methoxy groups -OCH3 is 3. The summed E-state index contributed by atoms with van der Waals surface area (Å²) in [6, 6.07) is 10.9. The molecule has 10 heteroatoms. The lowest BCUT2D eigenvalue weighted by Crippen LogP contribution is -2.28. The van der Waals surface area contributed by atoms with Gasteiger partial charge in [-0.3, -0.25) is 4.79 Å². The maximum absolute atomic E-state index is 13.1. The Labute approximate surface area is 193 Å². The number of oxazole rings is 1. The van der Waals surface area contributed by atoms with E-state index in [9.17, 15) is 4.79 Å². The molecule has 0 saturated heterocycles. The third-order valence-corrected chi connectivity index (χ3v) is 5.68. The van der Waals surface area contributed by atoms with Crippen molar-refractivity contribution >= 4 is 33.6 Å². The Bertz CT molecular complexity index is 1120. The van der Waals surface area contributed by atoms with Crippen LogP contribution in [-0.2, 0) is 4.74 Å². The fourth-order valence-electron chi connectivity index (χ4n) is 3.28. The number of carbonyl (C=O) groups excluding carboxylic acids is 1. The van der Waals surface area contributed by atoms with E-state index in [0.29, 0.717) is 39.3 Å². The molecule has 0 bridgehead atoms. The van der Waals surface area contributed by atoms with Crippen molar-refractivity contribution < 1.29 is 23.4 Å². The van der Waals surface area contributed by atoms with Gasteiger partial charge in [0.15, 0.2) is 6.10 Å². The first-order valence-electron chi connectivity index (χ1n) is 9.66. The molecule has 0 saturated carbocycles. The largest absolute Gasteiger partial charge is 0.495 e. The summed E-state index contributed by atoms with van der Waals surface area (Å²) in [6.07, 6.45) is 2.33. The van der Waals surface area contributed by atoms with E-state index in [1.165, 1.54) is 13.4 Å². The number of halogens is 1. The Kier molecular flexibility index (Phi) is 6.54. The molecular formula is C22H21BrN4O5. The minimum atomic E-state index is -0.862. The average Bonchev–Trinajstić information content (AvgIpc) is 3.53. The minimum Gasteiger partial charge on any atom is -0.495 e. The molecule has 166 valence electrons. The number of nitrogens with one attached hydrogen (secondary N) is 1. The summed E-state index contributed by atoms with van der Waals surface area (Å²) in [4.78, 5) is 17.5. The summed E-state index contributed by atoms with van der Waals surface area (Å²) in [7, 11) is 4.58. The van der Waals surface area contributed by atoms with E-state index in [1.807, 2.05) is 24.3 Å². The molecule has 0 radical (unpaired) electrons. The quantitative estimate of drug-likeness (QED) is 0.463. The van der Waals surface area contributed by atoms with E-state index in [4.69, 9.17) is 18.6 Å². The molecule has 3 aromatic rings. The number of anilines is 1. The standard InChI is InChI=1S/C22H21BrN4O5/c1-29-17-10-14(11-18(30-2)19(17)23)16-12-32-22(26-16)20(28)21(31-3)13-4-6-15(7-5-13)27-24-8-9-25-27/h4-8,10-12,21,25H,9H2,1-3H3. The molecule has 0 aliphatic carbocycles. The molecule has 4 rings (SSSR count). The van der Waals surface area contributed by atoms with Crippen molar-refractivity contribution in [2.75, 3.05) is 33.0 Å². The number of ketones is 1. The summed E-state index contributed by atoms with van der Waals surface area (Å²) in [6.45, 7) is 0.670. The fraction of sp³-hybridized carbons (Fsp3) is 0.227. The van der Waals surface area contributed by atoms with Crippen LogP contribution in [0, 0.1) is 0 Å². The van der Waals surface area contributed by atoms with Crippen LogP contribution in [0.4, 0.5) is 5.69 Å². The molecule has 2 aromatic carbocycles. The molecule has 1 unspecified atom stereocenters. The molecule has 2 heterocycles. The number of benzene rings is 2. The highest BCUT2D eigenvalue weighted by Crippen LogP contribution is 2.39. The highest BCUT2D eigenvalue weighted by atomic mass is 79.9. The monoisotopic (exact) mass is 500 g/mol. The van der Waals surface area contributed by atoms with Crippen LogP contribution in [0.5, 0.6) is 11.5 Å². The number of Topliss-reactive ketones (excluding diaryl/α,β-unsaturated/α-hetero) is 1. The van der Waals surface area contributed by atoms with Crippen LogP contribution in [0.25, 0.3) is 11.3 Å². The van der Waals surface area contributed by atoms with Gasteiger partial charge in [0, 0.05) is 18.9 Å². The number of hydrazone groups is 1. The summed E-state index contributed by atoms with van der Waals surface area (Å²) in [5.74, 6) is 0.700. The number of carbonyl (C=O) groups is 1. The fourth-order valence-corrected chi connectivity index (χ4v) is 3.83. The van der Waals surface area contributed by atoms with Crippen LogP contribution in [0.15, 0.2) is 56.7 Å². The van der Waals surface area contributed by atoms with Gasteiger partial charge in [-0.15, -0.1) is 0 Å². The van der Waals surface area contributed by atoms with Crippen molar-refractivity contribution in [3.05, 3.63) is 58.6 Å². The van der Waals surface area contributed by atoms with Crippen LogP contribution >= 0.6 is 15.9 Å². The van der Waals surface area contributed by atoms with Crippen molar-refractivity contribution in [2.24, 2.45) is 5.10 Å². The number of hydrogen-bond donors (Lipinski definition) is 1. The second kappa shape index (κ2) is 9.51. The van der Waals surface area contributed by atoms with Gasteiger partial charge < -0.3 is 18.6 Å². The molecule has 1 atom stereocenters. The van der Waals surface area contributed by atoms with Crippen LogP contribution in [-0.4, -0.2) is 44.9 Å². The Hall–Kier alpha value is -3.21. The highest BCUT2D eigenvalue weighted by molar-refractivity contribution is 9.10. The summed E-state index contributed by atoms with van der Waals surface area (Å²) < 4.78 is 22.4. The maximum atomic E-state index is 13.1. The summed E-state index contributed by atoms with van der Waals surface area (Å²) in [5.41, 5.74) is 5.77. The van der Waals surface area contributed by atoms with Gasteiger partial charge >= 0.3 is 0 Å². The van der Waals surface area contributed by atoms with Crippen molar-refractivity contribution in [3.8, 4) is 22.8 Å². The van der Waals surface area contributed by atoms with Gasteiger partial charge in [0.2, 0.25) is 0 Å². The van der Waals surface area contributed by atoms with Gasteiger partial charge in [0.05, 0.1) is 26.5 Å². The van der Waals surface area contributed by atoms with Crippen LogP contribution in [0.2, 0.25) is 0 Å². The first-order valence-corrected chi connectivity index (χ1v) is 10.5. The molecule has 1 aromatic heterocycles. The zero-order valence-electron chi connectivity index (χ0n) is 17.7. The number of nitrogens with zero attached hydrogens (tertiary/aromatic N) is 3. The zero-order chi connectivity index (χ0) is 22.7. The summed E-state index contributed by atoms with van der Waals surface area (Å²) >= 11 is 3.44. The second-order valence-electron chi connectivity index (χ2n) is 6.78. The first kappa shape index (κ1) is 22.0. The Morgan fingerprint density at radius 3 is 2.41 bits per heavy atom. The normalized spacial score (nSPS) is 13.9. The average molecular weight is 501 g/mol. The predicted molar refractivity (Wildman–Crippen MR) is 122 cm³/mol. The molecule has 1 aliphatic heterocycles. The van der Waals surface area contributed by atoms with E-state index in [-0.39, 0.29) is 11.7 Å². The second-order valence-corrected chi connectivity index (χ2v) is 7.57. The molecule has 0 amide bonds. The van der Waals surface area contributed by atoms with Gasteiger partial charge in [-0.05, 0) is 45.8 Å². The van der Waals surface area contributed by atoms with Gasteiger partial charge in [-0.25, -0.2) is 10.4 Å². The van der Waals surface area contributed by atoms with Crippen molar-refractivity contribution in [1.82, 2.24) is 10.4 Å². The molecular weight excluding hydrogens is 480 g/mol. The smallest absolute Gasteiger partial charge is 0.266 e. The third kappa shape index (κ3) is 4.24. The Morgan fingerprint density at radius 2 is 1.84 bits per heavy atom. The SMILES string of the molecule is COc1cc(-c2coc(C(=O)C(OC)c3ccc(N4N=CCN4)cc3)n2)cc(OC)c1Br. The Morgan fingerprint density at radius 1 is 1.16 bits per heavy atom. The number of hydrogen-bond acceptors (Lipinski definition) is 9. The number of rotatable bonds is 8. The van der Waals surface area contributed by atoms with Gasteiger partial charge in [-0.2, -0.15) is 10.2 Å². The number of hydrazine groups is 1.